The predicted molar refractivity (Wildman–Crippen MR) is 92.3 cm³/mol. The van der Waals surface area contributed by atoms with E-state index in [2.05, 4.69) is 31.5 Å². The molecule has 1 unspecified atom stereocenters. The molecule has 0 aromatic heterocycles. The molecule has 0 aliphatic rings. The van der Waals surface area contributed by atoms with Crippen molar-refractivity contribution in [2.75, 3.05) is 0 Å². The van der Waals surface area contributed by atoms with E-state index in [0.717, 1.165) is 5.56 Å². The minimum absolute atomic E-state index is 0.310. The summed E-state index contributed by atoms with van der Waals surface area (Å²) in [6.07, 6.45) is 0. The van der Waals surface area contributed by atoms with Crippen LogP contribution in [-0.4, -0.2) is 19.8 Å². The number of hydrogen-bond acceptors (Lipinski definition) is 2. The lowest BCUT2D eigenvalue weighted by molar-refractivity contribution is 0.0499. The molecule has 0 amide bonds. The monoisotopic (exact) mass is 308 g/mol. The highest BCUT2D eigenvalue weighted by Gasteiger charge is 2.29. The molecule has 2 nitrogen and oxygen atoms in total. The number of carbonyl (C=O) groups excluding carboxylic acids is 1. The maximum Gasteiger partial charge on any atom is 0.339 e. The zero-order valence-corrected chi connectivity index (χ0v) is 14.2. The van der Waals surface area contributed by atoms with Crippen LogP contribution in [-0.2, 0) is 4.74 Å². The van der Waals surface area contributed by atoms with Gasteiger partial charge in [0.2, 0.25) is 0 Å². The lowest BCUT2D eigenvalue weighted by Crippen LogP contribution is -2.40. The van der Waals surface area contributed by atoms with E-state index in [9.17, 15) is 4.79 Å². The standard InChI is InChI=1S/C19H20O2Si/c1-22(2,3)18(15-14-16-10-6-4-7-11-16)21-19(20)17-12-8-5-9-13-17/h4-13,18H,1-3H3. The predicted octanol–water partition coefficient (Wildman–Crippen LogP) is 4.14. The summed E-state index contributed by atoms with van der Waals surface area (Å²) in [5.41, 5.74) is 1.16. The molecule has 2 aromatic rings. The second-order valence-corrected chi connectivity index (χ2v) is 11.4. The Balaban J connectivity index is 2.18. The number of hydrogen-bond donors (Lipinski definition) is 0. The molecule has 0 fully saturated rings. The van der Waals surface area contributed by atoms with Crippen LogP contribution in [0.2, 0.25) is 19.6 Å². The molecule has 1 atom stereocenters. The normalized spacial score (nSPS) is 12.0. The maximum atomic E-state index is 12.2. The number of ether oxygens (including phenoxy) is 1. The van der Waals surface area contributed by atoms with Crippen LogP contribution >= 0.6 is 0 Å². The van der Waals surface area contributed by atoms with E-state index in [0.29, 0.717) is 5.56 Å². The van der Waals surface area contributed by atoms with E-state index in [4.69, 9.17) is 4.74 Å². The van der Waals surface area contributed by atoms with Gasteiger partial charge in [-0.15, -0.1) is 0 Å². The van der Waals surface area contributed by atoms with Crippen molar-refractivity contribution < 1.29 is 9.53 Å². The third kappa shape index (κ3) is 4.61. The van der Waals surface area contributed by atoms with Crippen LogP contribution in [0, 0.1) is 11.8 Å². The number of rotatable bonds is 3. The lowest BCUT2D eigenvalue weighted by atomic mass is 10.2. The van der Waals surface area contributed by atoms with Crippen molar-refractivity contribution in [2.24, 2.45) is 0 Å². The molecule has 0 saturated heterocycles. The van der Waals surface area contributed by atoms with E-state index in [-0.39, 0.29) is 11.7 Å². The first-order chi connectivity index (χ1) is 10.5. The third-order valence-electron chi connectivity index (χ3n) is 3.14. The third-order valence-corrected chi connectivity index (χ3v) is 4.98. The van der Waals surface area contributed by atoms with Crippen molar-refractivity contribution in [1.29, 1.82) is 0 Å². The van der Waals surface area contributed by atoms with Crippen LogP contribution in [0.15, 0.2) is 60.7 Å². The smallest absolute Gasteiger partial charge is 0.339 e. The van der Waals surface area contributed by atoms with Gasteiger partial charge in [-0.25, -0.2) is 4.79 Å². The first-order valence-corrected chi connectivity index (χ1v) is 10.9. The summed E-state index contributed by atoms with van der Waals surface area (Å²) in [6.45, 7) is 6.45. The highest BCUT2D eigenvalue weighted by Crippen LogP contribution is 2.14. The van der Waals surface area contributed by atoms with E-state index in [1.54, 1.807) is 12.1 Å². The summed E-state index contributed by atoms with van der Waals surface area (Å²) >= 11 is 0. The quantitative estimate of drug-likeness (QED) is 0.484. The Morgan fingerprint density at radius 1 is 0.955 bits per heavy atom. The Morgan fingerprint density at radius 2 is 1.50 bits per heavy atom. The van der Waals surface area contributed by atoms with Gasteiger partial charge in [0.15, 0.2) is 0 Å². The van der Waals surface area contributed by atoms with Crippen molar-refractivity contribution in [3.63, 3.8) is 0 Å². The van der Waals surface area contributed by atoms with Gasteiger partial charge in [0.1, 0.15) is 13.8 Å². The van der Waals surface area contributed by atoms with Crippen molar-refractivity contribution in [2.45, 2.75) is 25.4 Å². The molecule has 3 heteroatoms. The van der Waals surface area contributed by atoms with E-state index >= 15 is 0 Å². The van der Waals surface area contributed by atoms with Gasteiger partial charge >= 0.3 is 5.97 Å². The Kier molecular flexibility index (Phi) is 5.19. The number of esters is 1. The fourth-order valence-electron chi connectivity index (χ4n) is 1.84. The topological polar surface area (TPSA) is 26.3 Å². The van der Waals surface area contributed by atoms with Gasteiger partial charge in [-0.05, 0) is 24.3 Å². The molecular weight excluding hydrogens is 288 g/mol. The van der Waals surface area contributed by atoms with Crippen LogP contribution in [0.3, 0.4) is 0 Å². The average molecular weight is 308 g/mol. The molecule has 0 spiro atoms. The zero-order valence-electron chi connectivity index (χ0n) is 13.2. The number of carbonyl (C=O) groups is 1. The second-order valence-electron chi connectivity index (χ2n) is 6.15. The summed E-state index contributed by atoms with van der Waals surface area (Å²) in [6, 6.07) is 18.8. The summed E-state index contributed by atoms with van der Waals surface area (Å²) in [4.78, 5) is 12.2. The summed E-state index contributed by atoms with van der Waals surface area (Å²) in [5, 5.41) is 0. The van der Waals surface area contributed by atoms with Gasteiger partial charge < -0.3 is 4.74 Å². The average Bonchev–Trinajstić information content (AvgIpc) is 2.52. The highest BCUT2D eigenvalue weighted by atomic mass is 28.3. The van der Waals surface area contributed by atoms with Gasteiger partial charge in [0.25, 0.3) is 0 Å². The summed E-state index contributed by atoms with van der Waals surface area (Å²) < 4.78 is 5.67. The largest absolute Gasteiger partial charge is 0.450 e. The summed E-state index contributed by atoms with van der Waals surface area (Å²) in [7, 11) is -1.75. The molecular formula is C19H20O2Si. The lowest BCUT2D eigenvalue weighted by Gasteiger charge is -2.24. The van der Waals surface area contributed by atoms with E-state index in [1.807, 2.05) is 48.5 Å². The highest BCUT2D eigenvalue weighted by molar-refractivity contribution is 6.78. The molecule has 0 heterocycles. The van der Waals surface area contributed by atoms with Crippen molar-refractivity contribution in [3.8, 4) is 11.8 Å². The Labute approximate surface area is 133 Å². The van der Waals surface area contributed by atoms with Crippen LogP contribution < -0.4 is 0 Å². The molecule has 0 N–H and O–H groups in total. The van der Waals surface area contributed by atoms with Crippen LogP contribution in [0.4, 0.5) is 0 Å². The first-order valence-electron chi connectivity index (χ1n) is 7.29. The molecule has 0 aliphatic heterocycles. The molecule has 0 radical (unpaired) electrons. The molecule has 0 saturated carbocycles. The molecule has 2 rings (SSSR count). The minimum atomic E-state index is -1.75. The van der Waals surface area contributed by atoms with Gasteiger partial charge in [-0.1, -0.05) is 67.9 Å². The molecule has 112 valence electrons. The molecule has 2 aromatic carbocycles. The van der Waals surface area contributed by atoms with Gasteiger partial charge in [-0.2, -0.15) is 0 Å². The van der Waals surface area contributed by atoms with Crippen LogP contribution in [0.5, 0.6) is 0 Å². The zero-order chi connectivity index (χ0) is 16.0. The Bertz CT molecular complexity index is 676. The van der Waals surface area contributed by atoms with Crippen molar-refractivity contribution >= 4 is 14.0 Å². The fourth-order valence-corrected chi connectivity index (χ4v) is 2.81. The molecule has 0 bridgehead atoms. The second kappa shape index (κ2) is 7.10. The maximum absolute atomic E-state index is 12.2. The molecule has 0 aliphatic carbocycles. The van der Waals surface area contributed by atoms with E-state index in [1.165, 1.54) is 0 Å². The van der Waals surface area contributed by atoms with Gasteiger partial charge in [0, 0.05) is 5.56 Å². The van der Waals surface area contributed by atoms with Crippen LogP contribution in [0.25, 0.3) is 0 Å². The Morgan fingerprint density at radius 3 is 2.05 bits per heavy atom. The van der Waals surface area contributed by atoms with E-state index < -0.39 is 8.07 Å². The summed E-state index contributed by atoms with van der Waals surface area (Å²) in [5.74, 6) is 5.95. The van der Waals surface area contributed by atoms with Gasteiger partial charge in [-0.3, -0.25) is 0 Å². The molecule has 22 heavy (non-hydrogen) atoms. The first kappa shape index (κ1) is 16.1. The fraction of sp³-hybridized carbons (Fsp3) is 0.211. The Hall–Kier alpha value is -2.31. The SMILES string of the molecule is C[Si](C)(C)C(C#Cc1ccccc1)OC(=O)c1ccccc1. The van der Waals surface area contributed by atoms with Gasteiger partial charge in [0.05, 0.1) is 5.56 Å². The van der Waals surface area contributed by atoms with Crippen molar-refractivity contribution in [1.82, 2.24) is 0 Å². The van der Waals surface area contributed by atoms with Crippen LogP contribution in [0.1, 0.15) is 15.9 Å². The number of benzene rings is 2. The van der Waals surface area contributed by atoms with Crippen molar-refractivity contribution in [3.05, 3.63) is 71.8 Å². The minimum Gasteiger partial charge on any atom is -0.450 e.